The number of guanidine groups is 1. The van der Waals surface area contributed by atoms with Crippen molar-refractivity contribution in [2.75, 3.05) is 20.2 Å². The predicted molar refractivity (Wildman–Crippen MR) is 95.9 cm³/mol. The number of primary amides is 1. The number of ether oxygens (including phenoxy) is 1. The van der Waals surface area contributed by atoms with Crippen LogP contribution in [0, 0.1) is 5.41 Å². The van der Waals surface area contributed by atoms with Crippen molar-refractivity contribution in [3.05, 3.63) is 29.8 Å². The fourth-order valence-corrected chi connectivity index (χ4v) is 2.91. The first kappa shape index (κ1) is 18.1. The van der Waals surface area contributed by atoms with Crippen LogP contribution in [-0.2, 0) is 11.3 Å². The van der Waals surface area contributed by atoms with Crippen LogP contribution in [0.15, 0.2) is 29.3 Å². The first-order valence-corrected chi connectivity index (χ1v) is 8.51. The van der Waals surface area contributed by atoms with E-state index in [1.165, 1.54) is 25.7 Å². The van der Waals surface area contributed by atoms with Crippen LogP contribution in [0.25, 0.3) is 0 Å². The molecule has 0 unspecified atom stereocenters. The molecule has 132 valence electrons. The lowest BCUT2D eigenvalue weighted by molar-refractivity contribution is -0.119. The number of nitrogens with zero attached hydrogens (tertiary/aromatic N) is 1. The van der Waals surface area contributed by atoms with E-state index >= 15 is 0 Å². The maximum atomic E-state index is 10.8. The fourth-order valence-electron chi connectivity index (χ4n) is 2.91. The number of carbonyl (C=O) groups excluding carboxylic acids is 1. The van der Waals surface area contributed by atoms with Crippen molar-refractivity contribution in [1.29, 1.82) is 0 Å². The Morgan fingerprint density at radius 1 is 1.38 bits per heavy atom. The van der Waals surface area contributed by atoms with E-state index in [2.05, 4.69) is 22.5 Å². The molecule has 0 heterocycles. The summed E-state index contributed by atoms with van der Waals surface area (Å²) in [5.74, 6) is 0.956. The van der Waals surface area contributed by atoms with Gasteiger partial charge in [0.2, 0.25) is 0 Å². The van der Waals surface area contributed by atoms with Gasteiger partial charge in [-0.25, -0.2) is 0 Å². The van der Waals surface area contributed by atoms with Gasteiger partial charge in [-0.2, -0.15) is 0 Å². The second-order valence-electron chi connectivity index (χ2n) is 6.39. The number of carbonyl (C=O) groups is 1. The Labute approximate surface area is 143 Å². The minimum absolute atomic E-state index is 0.112. The molecule has 24 heavy (non-hydrogen) atoms. The first-order valence-electron chi connectivity index (χ1n) is 8.51. The summed E-state index contributed by atoms with van der Waals surface area (Å²) >= 11 is 0. The van der Waals surface area contributed by atoms with Gasteiger partial charge in [0.25, 0.3) is 5.91 Å². The summed E-state index contributed by atoms with van der Waals surface area (Å²) in [4.78, 5) is 15.1. The topological polar surface area (TPSA) is 88.7 Å². The van der Waals surface area contributed by atoms with E-state index in [1.807, 2.05) is 18.2 Å². The molecule has 0 aliphatic heterocycles. The molecule has 6 nitrogen and oxygen atoms in total. The molecule has 2 rings (SSSR count). The molecule has 0 saturated heterocycles. The number of hydrogen-bond donors (Lipinski definition) is 3. The zero-order chi connectivity index (χ0) is 17.4. The minimum Gasteiger partial charge on any atom is -0.484 e. The third-order valence-electron chi connectivity index (χ3n) is 4.76. The van der Waals surface area contributed by atoms with Gasteiger partial charge in [0.1, 0.15) is 5.75 Å². The Kier molecular flexibility index (Phi) is 6.46. The highest BCUT2D eigenvalue weighted by Gasteiger charge is 2.34. The molecule has 6 heteroatoms. The predicted octanol–water partition coefficient (Wildman–Crippen LogP) is 1.80. The molecule has 1 saturated carbocycles. The van der Waals surface area contributed by atoms with Crippen molar-refractivity contribution >= 4 is 11.9 Å². The molecule has 1 aliphatic carbocycles. The maximum Gasteiger partial charge on any atom is 0.255 e. The van der Waals surface area contributed by atoms with Crippen LogP contribution in [-0.4, -0.2) is 32.1 Å². The third-order valence-corrected chi connectivity index (χ3v) is 4.76. The molecule has 4 N–H and O–H groups in total. The van der Waals surface area contributed by atoms with E-state index in [0.717, 1.165) is 18.1 Å². The van der Waals surface area contributed by atoms with Gasteiger partial charge in [-0.15, -0.1) is 0 Å². The molecule has 0 spiro atoms. The molecule has 1 amide bonds. The third kappa shape index (κ3) is 5.15. The molecule has 0 radical (unpaired) electrons. The van der Waals surface area contributed by atoms with Gasteiger partial charge < -0.3 is 21.1 Å². The summed E-state index contributed by atoms with van der Waals surface area (Å²) in [5, 5.41) is 6.75. The van der Waals surface area contributed by atoms with Gasteiger partial charge in [-0.3, -0.25) is 9.79 Å². The maximum absolute atomic E-state index is 10.8. The van der Waals surface area contributed by atoms with Crippen LogP contribution in [0.1, 0.15) is 38.2 Å². The van der Waals surface area contributed by atoms with E-state index in [9.17, 15) is 4.79 Å². The van der Waals surface area contributed by atoms with Crippen molar-refractivity contribution in [3.63, 3.8) is 0 Å². The zero-order valence-electron chi connectivity index (χ0n) is 14.6. The van der Waals surface area contributed by atoms with E-state index in [-0.39, 0.29) is 6.61 Å². The smallest absolute Gasteiger partial charge is 0.255 e. The Morgan fingerprint density at radius 3 is 2.75 bits per heavy atom. The largest absolute Gasteiger partial charge is 0.484 e. The SMILES string of the molecule is CCC1(CNC(=NC)NCc2cccc(OCC(N)=O)c2)CCC1. The van der Waals surface area contributed by atoms with E-state index in [4.69, 9.17) is 10.5 Å². The van der Waals surface area contributed by atoms with Gasteiger partial charge in [0.15, 0.2) is 12.6 Å². The molecule has 1 aromatic rings. The number of hydrogen-bond acceptors (Lipinski definition) is 3. The number of benzene rings is 1. The van der Waals surface area contributed by atoms with Gasteiger partial charge >= 0.3 is 0 Å². The minimum atomic E-state index is -0.482. The van der Waals surface area contributed by atoms with Crippen molar-refractivity contribution < 1.29 is 9.53 Å². The molecule has 1 aliphatic rings. The Morgan fingerprint density at radius 2 is 2.17 bits per heavy atom. The van der Waals surface area contributed by atoms with E-state index in [0.29, 0.717) is 17.7 Å². The number of nitrogens with two attached hydrogens (primary N) is 1. The quantitative estimate of drug-likeness (QED) is 0.500. The van der Waals surface area contributed by atoms with Gasteiger partial charge in [0, 0.05) is 20.1 Å². The zero-order valence-corrected chi connectivity index (χ0v) is 14.6. The van der Waals surface area contributed by atoms with E-state index < -0.39 is 5.91 Å². The summed E-state index contributed by atoms with van der Waals surface area (Å²) in [6, 6.07) is 7.59. The normalized spacial score (nSPS) is 16.2. The van der Waals surface area contributed by atoms with Crippen LogP contribution >= 0.6 is 0 Å². The van der Waals surface area contributed by atoms with Gasteiger partial charge in [0.05, 0.1) is 0 Å². The second kappa shape index (κ2) is 8.57. The van der Waals surface area contributed by atoms with Crippen LogP contribution in [0.2, 0.25) is 0 Å². The molecule has 1 fully saturated rings. The Hall–Kier alpha value is -2.24. The van der Waals surface area contributed by atoms with Crippen LogP contribution in [0.3, 0.4) is 0 Å². The highest BCUT2D eigenvalue weighted by Crippen LogP contribution is 2.42. The summed E-state index contributed by atoms with van der Waals surface area (Å²) < 4.78 is 5.32. The number of nitrogens with one attached hydrogen (secondary N) is 2. The Balaban J connectivity index is 1.82. The lowest BCUT2D eigenvalue weighted by Gasteiger charge is -2.41. The van der Waals surface area contributed by atoms with Gasteiger partial charge in [-0.05, 0) is 42.4 Å². The lowest BCUT2D eigenvalue weighted by Crippen LogP contribution is -2.46. The second-order valence-corrected chi connectivity index (χ2v) is 6.39. The standard InChI is InChI=1S/C18H28N4O2/c1-3-18(8-5-9-18)13-22-17(20-2)21-11-14-6-4-7-15(10-14)24-12-16(19)23/h4,6-7,10H,3,5,8-9,11-13H2,1-2H3,(H2,19,23)(H2,20,21,22). The lowest BCUT2D eigenvalue weighted by atomic mass is 9.67. The van der Waals surface area contributed by atoms with Crippen molar-refractivity contribution in [1.82, 2.24) is 10.6 Å². The van der Waals surface area contributed by atoms with Gasteiger partial charge in [-0.1, -0.05) is 25.5 Å². The van der Waals surface area contributed by atoms with Crippen molar-refractivity contribution in [2.24, 2.45) is 16.1 Å². The molecule has 0 aromatic heterocycles. The number of amides is 1. The van der Waals surface area contributed by atoms with Crippen LogP contribution in [0.4, 0.5) is 0 Å². The Bertz CT molecular complexity index is 577. The van der Waals surface area contributed by atoms with Crippen LogP contribution in [0.5, 0.6) is 5.75 Å². The average molecular weight is 332 g/mol. The monoisotopic (exact) mass is 332 g/mol. The fraction of sp³-hybridized carbons (Fsp3) is 0.556. The molecule has 0 atom stereocenters. The molecule has 0 bridgehead atoms. The summed E-state index contributed by atoms with van der Waals surface area (Å²) in [6.45, 7) is 3.74. The number of aliphatic imine (C=N–C) groups is 1. The van der Waals surface area contributed by atoms with Crippen molar-refractivity contribution in [2.45, 2.75) is 39.2 Å². The molecule has 1 aromatic carbocycles. The summed E-state index contributed by atoms with van der Waals surface area (Å²) in [7, 11) is 1.78. The van der Waals surface area contributed by atoms with Crippen LogP contribution < -0.4 is 21.1 Å². The number of rotatable bonds is 8. The van der Waals surface area contributed by atoms with E-state index in [1.54, 1.807) is 13.1 Å². The molecular weight excluding hydrogens is 304 g/mol. The highest BCUT2D eigenvalue weighted by atomic mass is 16.5. The summed E-state index contributed by atoms with van der Waals surface area (Å²) in [5.41, 5.74) is 6.58. The van der Waals surface area contributed by atoms with Crippen molar-refractivity contribution in [3.8, 4) is 5.75 Å². The highest BCUT2D eigenvalue weighted by molar-refractivity contribution is 5.79. The first-order chi connectivity index (χ1) is 11.6. The molecular formula is C18H28N4O2. The average Bonchev–Trinajstić information content (AvgIpc) is 2.55. The summed E-state index contributed by atoms with van der Waals surface area (Å²) in [6.07, 6.45) is 5.13.